The molecule has 0 radical (unpaired) electrons. The van der Waals surface area contributed by atoms with Crippen LogP contribution < -0.4 is 9.47 Å². The summed E-state index contributed by atoms with van der Waals surface area (Å²) in [7, 11) is 1.55. The lowest BCUT2D eigenvalue weighted by Gasteiger charge is -2.10. The average molecular weight is 411 g/mol. The summed E-state index contributed by atoms with van der Waals surface area (Å²) >= 11 is 1.48. The van der Waals surface area contributed by atoms with Gasteiger partial charge in [0.2, 0.25) is 5.88 Å². The van der Waals surface area contributed by atoms with Gasteiger partial charge in [-0.2, -0.15) is 0 Å². The molecule has 0 amide bonds. The van der Waals surface area contributed by atoms with E-state index in [2.05, 4.69) is 9.97 Å². The third kappa shape index (κ3) is 2.74. The van der Waals surface area contributed by atoms with Crippen LogP contribution in [0.3, 0.4) is 0 Å². The van der Waals surface area contributed by atoms with Crippen LogP contribution in [0.25, 0.3) is 31.8 Å². The molecule has 1 aliphatic rings. The van der Waals surface area contributed by atoms with Crippen LogP contribution in [0.15, 0.2) is 24.4 Å². The van der Waals surface area contributed by atoms with E-state index in [4.69, 9.17) is 14.5 Å². The zero-order chi connectivity index (χ0) is 20.3. The van der Waals surface area contributed by atoms with Crippen molar-refractivity contribution >= 4 is 32.6 Å². The SMILES string of the molecule is COc1cnc2c(-c3nc4cc(F)c5c(c4s3)C(C)C(CO)O5)cc(C)cc2n1. The van der Waals surface area contributed by atoms with Gasteiger partial charge in [-0.3, -0.25) is 0 Å². The molecule has 0 aliphatic carbocycles. The first-order valence-electron chi connectivity index (χ1n) is 9.22. The summed E-state index contributed by atoms with van der Waals surface area (Å²) in [5, 5.41) is 10.3. The molecule has 1 N–H and O–H groups in total. The van der Waals surface area contributed by atoms with Crippen LogP contribution in [0.5, 0.6) is 11.6 Å². The second-order valence-corrected chi connectivity index (χ2v) is 8.19. The van der Waals surface area contributed by atoms with Gasteiger partial charge in [0.1, 0.15) is 11.1 Å². The van der Waals surface area contributed by atoms with Crippen molar-refractivity contribution in [2.75, 3.05) is 13.7 Å². The Balaban J connectivity index is 1.75. The number of halogens is 1. The van der Waals surface area contributed by atoms with Gasteiger partial charge in [-0.25, -0.2) is 19.3 Å². The van der Waals surface area contributed by atoms with E-state index in [9.17, 15) is 9.50 Å². The summed E-state index contributed by atoms with van der Waals surface area (Å²) in [5.74, 6) is 0.0859. The Kier molecular flexibility index (Phi) is 4.15. The number of fused-ring (bicyclic) bond motifs is 4. The Morgan fingerprint density at radius 1 is 1.24 bits per heavy atom. The second kappa shape index (κ2) is 6.60. The van der Waals surface area contributed by atoms with Crippen LogP contribution in [0, 0.1) is 12.7 Å². The predicted octanol–water partition coefficient (Wildman–Crippen LogP) is 4.22. The van der Waals surface area contributed by atoms with E-state index in [1.54, 1.807) is 13.3 Å². The summed E-state index contributed by atoms with van der Waals surface area (Å²) in [6.45, 7) is 3.75. The van der Waals surface area contributed by atoms with Gasteiger partial charge in [-0.1, -0.05) is 6.92 Å². The van der Waals surface area contributed by atoms with Crippen molar-refractivity contribution in [1.29, 1.82) is 0 Å². The van der Waals surface area contributed by atoms with Crippen molar-refractivity contribution < 1.29 is 19.0 Å². The van der Waals surface area contributed by atoms with E-state index in [-0.39, 0.29) is 18.3 Å². The van der Waals surface area contributed by atoms with Crippen molar-refractivity contribution in [2.24, 2.45) is 0 Å². The predicted molar refractivity (Wildman–Crippen MR) is 109 cm³/mol. The zero-order valence-corrected chi connectivity index (χ0v) is 16.9. The molecule has 0 saturated carbocycles. The average Bonchev–Trinajstić information content (AvgIpc) is 3.27. The monoisotopic (exact) mass is 411 g/mol. The zero-order valence-electron chi connectivity index (χ0n) is 16.1. The topological polar surface area (TPSA) is 77.4 Å². The van der Waals surface area contributed by atoms with E-state index >= 15 is 0 Å². The number of hydrogen-bond acceptors (Lipinski definition) is 7. The maximum absolute atomic E-state index is 14.6. The highest BCUT2D eigenvalue weighted by Crippen LogP contribution is 2.47. The van der Waals surface area contributed by atoms with E-state index in [0.717, 1.165) is 26.4 Å². The van der Waals surface area contributed by atoms with E-state index in [1.165, 1.54) is 17.4 Å². The number of aromatic nitrogens is 3. The fraction of sp³-hybridized carbons (Fsp3) is 0.286. The number of ether oxygens (including phenoxy) is 2. The number of rotatable bonds is 3. The number of benzene rings is 2. The molecule has 2 unspecified atom stereocenters. The fourth-order valence-electron chi connectivity index (χ4n) is 3.83. The molecule has 29 heavy (non-hydrogen) atoms. The number of aliphatic hydroxyl groups is 1. The minimum absolute atomic E-state index is 0.125. The highest BCUT2D eigenvalue weighted by Gasteiger charge is 2.36. The molecule has 2 atom stereocenters. The minimum Gasteiger partial charge on any atom is -0.484 e. The molecule has 0 spiro atoms. The lowest BCUT2D eigenvalue weighted by molar-refractivity contribution is 0.117. The molecule has 5 rings (SSSR count). The summed E-state index contributed by atoms with van der Waals surface area (Å²) < 4.78 is 26.4. The highest BCUT2D eigenvalue weighted by molar-refractivity contribution is 7.22. The van der Waals surface area contributed by atoms with Crippen molar-refractivity contribution in [1.82, 2.24) is 15.0 Å². The van der Waals surface area contributed by atoms with Gasteiger partial charge in [0.25, 0.3) is 0 Å². The summed E-state index contributed by atoms with van der Waals surface area (Å²) in [6, 6.07) is 5.35. The van der Waals surface area contributed by atoms with Crippen molar-refractivity contribution in [3.8, 4) is 22.2 Å². The smallest absolute Gasteiger partial charge is 0.232 e. The van der Waals surface area contributed by atoms with Crippen LogP contribution in [-0.4, -0.2) is 39.9 Å². The largest absolute Gasteiger partial charge is 0.484 e. The molecule has 148 valence electrons. The molecular formula is C21H18FN3O3S. The number of aryl methyl sites for hydroxylation is 1. The van der Waals surface area contributed by atoms with Crippen molar-refractivity contribution in [3.63, 3.8) is 0 Å². The maximum Gasteiger partial charge on any atom is 0.232 e. The third-order valence-corrected chi connectivity index (χ3v) is 6.43. The number of methoxy groups -OCH3 is 1. The maximum atomic E-state index is 14.6. The van der Waals surface area contributed by atoms with Gasteiger partial charge in [0.15, 0.2) is 11.6 Å². The van der Waals surface area contributed by atoms with Gasteiger partial charge < -0.3 is 14.6 Å². The molecule has 1 aliphatic heterocycles. The van der Waals surface area contributed by atoms with Gasteiger partial charge in [0.05, 0.1) is 41.2 Å². The molecule has 0 fully saturated rings. The Bertz CT molecular complexity index is 1270. The normalized spacial score (nSPS) is 18.2. The van der Waals surface area contributed by atoms with Crippen molar-refractivity contribution in [2.45, 2.75) is 25.9 Å². The first-order valence-corrected chi connectivity index (χ1v) is 10.0. The molecule has 6 nitrogen and oxygen atoms in total. The van der Waals surface area contributed by atoms with Gasteiger partial charge in [-0.15, -0.1) is 11.3 Å². The molecule has 4 aromatic rings. The fourth-order valence-corrected chi connectivity index (χ4v) is 5.03. The number of thiazole rings is 1. The van der Waals surface area contributed by atoms with Crippen molar-refractivity contribution in [3.05, 3.63) is 41.3 Å². The number of hydrogen-bond donors (Lipinski definition) is 1. The van der Waals surface area contributed by atoms with Crippen LogP contribution in [0.2, 0.25) is 0 Å². The van der Waals surface area contributed by atoms with Crippen LogP contribution in [0.4, 0.5) is 4.39 Å². The first kappa shape index (κ1) is 18.2. The van der Waals surface area contributed by atoms with Crippen LogP contribution in [-0.2, 0) is 0 Å². The lowest BCUT2D eigenvalue weighted by atomic mass is 9.97. The van der Waals surface area contributed by atoms with Gasteiger partial charge in [0, 0.05) is 23.1 Å². The molecule has 3 heterocycles. The molecule has 0 saturated heterocycles. The summed E-state index contributed by atoms with van der Waals surface area (Å²) in [5.41, 5.74) is 4.63. The standard InChI is InChI=1S/C21H18FN3O3S/c1-9-4-11(18-13(5-9)24-16(27-3)7-23-18)21-25-14-6-12(22)19-17(20(14)29-21)10(2)15(8-26)28-19/h4-7,10,15,26H,8H2,1-3H3. The minimum atomic E-state index is -0.453. The van der Waals surface area contributed by atoms with E-state index < -0.39 is 11.9 Å². The van der Waals surface area contributed by atoms with Crippen LogP contribution >= 0.6 is 11.3 Å². The first-order chi connectivity index (χ1) is 14.0. The molecule has 0 bridgehead atoms. The molecule has 2 aromatic carbocycles. The molecular weight excluding hydrogens is 393 g/mol. The number of nitrogens with zero attached hydrogens (tertiary/aromatic N) is 3. The summed E-state index contributed by atoms with van der Waals surface area (Å²) in [6.07, 6.45) is 1.13. The second-order valence-electron chi connectivity index (χ2n) is 7.19. The van der Waals surface area contributed by atoms with E-state index in [1.807, 2.05) is 26.0 Å². The quantitative estimate of drug-likeness (QED) is 0.544. The Morgan fingerprint density at radius 2 is 2.07 bits per heavy atom. The van der Waals surface area contributed by atoms with Crippen LogP contribution in [0.1, 0.15) is 24.0 Å². The van der Waals surface area contributed by atoms with Gasteiger partial charge >= 0.3 is 0 Å². The number of aliphatic hydroxyl groups excluding tert-OH is 1. The van der Waals surface area contributed by atoms with E-state index in [0.29, 0.717) is 22.4 Å². The lowest BCUT2D eigenvalue weighted by Crippen LogP contribution is -2.21. The third-order valence-electron chi connectivity index (χ3n) is 5.29. The highest BCUT2D eigenvalue weighted by atomic mass is 32.1. The Hall–Kier alpha value is -2.84. The van der Waals surface area contributed by atoms with Gasteiger partial charge in [-0.05, 0) is 24.6 Å². The molecule has 2 aromatic heterocycles. The Labute approximate surface area is 170 Å². The Morgan fingerprint density at radius 3 is 2.83 bits per heavy atom. The summed E-state index contributed by atoms with van der Waals surface area (Å²) in [4.78, 5) is 13.7. The molecule has 8 heteroatoms.